The molecule has 0 unspecified atom stereocenters. The average molecular weight is 459 g/mol. The molecular formula is C26H38N2O3S. The lowest BCUT2D eigenvalue weighted by molar-refractivity contribution is 0.0934. The molecule has 0 aliphatic heterocycles. The Morgan fingerprint density at radius 2 is 1.50 bits per heavy atom. The van der Waals surface area contributed by atoms with Crippen LogP contribution in [0.15, 0.2) is 59.5 Å². The summed E-state index contributed by atoms with van der Waals surface area (Å²) in [4.78, 5) is 2.84. The van der Waals surface area contributed by atoms with Gasteiger partial charge in [-0.25, -0.2) is 8.42 Å². The SMILES string of the molecule is CCCCN(c1ccccc1)S(=O)(=O)c1ccc(OC2CCC(N(CC)CC)CC2)cc1. The summed E-state index contributed by atoms with van der Waals surface area (Å²) < 4.78 is 34.5. The molecule has 0 aromatic heterocycles. The van der Waals surface area contributed by atoms with Crippen LogP contribution >= 0.6 is 0 Å². The summed E-state index contributed by atoms with van der Waals surface area (Å²) in [5, 5.41) is 0. The van der Waals surface area contributed by atoms with E-state index in [4.69, 9.17) is 4.74 Å². The lowest BCUT2D eigenvalue weighted by atomic mass is 9.91. The molecule has 0 heterocycles. The lowest BCUT2D eigenvalue weighted by Gasteiger charge is -2.35. The summed E-state index contributed by atoms with van der Waals surface area (Å²) in [6.45, 7) is 9.18. The van der Waals surface area contributed by atoms with E-state index in [1.54, 1.807) is 24.3 Å². The maximum absolute atomic E-state index is 13.4. The smallest absolute Gasteiger partial charge is 0.264 e. The zero-order chi connectivity index (χ0) is 23.0. The molecule has 176 valence electrons. The normalized spacial score (nSPS) is 19.1. The van der Waals surface area contributed by atoms with Crippen LogP contribution in [0.4, 0.5) is 5.69 Å². The van der Waals surface area contributed by atoms with Crippen LogP contribution in [0.3, 0.4) is 0 Å². The van der Waals surface area contributed by atoms with Gasteiger partial charge in [-0.1, -0.05) is 45.4 Å². The quantitative estimate of drug-likeness (QED) is 0.432. The van der Waals surface area contributed by atoms with E-state index in [0.717, 1.165) is 57.4 Å². The van der Waals surface area contributed by atoms with Gasteiger partial charge in [-0.15, -0.1) is 0 Å². The summed E-state index contributed by atoms with van der Waals surface area (Å²) in [5.74, 6) is 0.745. The molecule has 6 heteroatoms. The van der Waals surface area contributed by atoms with Crippen molar-refractivity contribution in [3.8, 4) is 5.75 Å². The molecule has 0 spiro atoms. The van der Waals surface area contributed by atoms with Crippen molar-refractivity contribution in [2.75, 3.05) is 23.9 Å². The summed E-state index contributed by atoms with van der Waals surface area (Å²) in [6, 6.07) is 16.9. The first-order valence-electron chi connectivity index (χ1n) is 12.1. The van der Waals surface area contributed by atoms with Crippen molar-refractivity contribution in [2.45, 2.75) is 76.3 Å². The Morgan fingerprint density at radius 1 is 0.875 bits per heavy atom. The predicted octanol–water partition coefficient (Wildman–Crippen LogP) is 5.71. The highest BCUT2D eigenvalue weighted by atomic mass is 32.2. The monoisotopic (exact) mass is 458 g/mol. The van der Waals surface area contributed by atoms with E-state index in [0.29, 0.717) is 23.2 Å². The summed E-state index contributed by atoms with van der Waals surface area (Å²) >= 11 is 0. The maximum atomic E-state index is 13.4. The number of ether oxygens (including phenoxy) is 1. The Bertz CT molecular complexity index is 904. The van der Waals surface area contributed by atoms with Gasteiger partial charge in [0.15, 0.2) is 0 Å². The standard InChI is InChI=1S/C26H38N2O3S/c1-4-7-21-28(23-11-9-8-10-12-23)32(29,30)26-19-17-25(18-20-26)31-24-15-13-22(14-16-24)27(5-2)6-3/h8-12,17-20,22,24H,4-7,13-16,21H2,1-3H3. The highest BCUT2D eigenvalue weighted by molar-refractivity contribution is 7.92. The van der Waals surface area contributed by atoms with Crippen molar-refractivity contribution in [3.63, 3.8) is 0 Å². The molecule has 0 saturated heterocycles. The number of benzene rings is 2. The maximum Gasteiger partial charge on any atom is 0.264 e. The summed E-state index contributed by atoms with van der Waals surface area (Å²) in [7, 11) is -3.63. The lowest BCUT2D eigenvalue weighted by Crippen LogP contribution is -2.39. The van der Waals surface area contributed by atoms with Crippen LogP contribution in [0.1, 0.15) is 59.3 Å². The molecule has 0 bridgehead atoms. The van der Waals surface area contributed by atoms with E-state index in [2.05, 4.69) is 25.7 Å². The largest absolute Gasteiger partial charge is 0.490 e. The zero-order valence-corrected chi connectivity index (χ0v) is 20.6. The van der Waals surface area contributed by atoms with Crippen molar-refractivity contribution in [3.05, 3.63) is 54.6 Å². The topological polar surface area (TPSA) is 49.9 Å². The first-order valence-corrected chi connectivity index (χ1v) is 13.5. The van der Waals surface area contributed by atoms with E-state index in [1.807, 2.05) is 30.3 Å². The Morgan fingerprint density at radius 3 is 2.06 bits per heavy atom. The molecule has 1 aliphatic rings. The van der Waals surface area contributed by atoms with Crippen LogP contribution in [0.2, 0.25) is 0 Å². The van der Waals surface area contributed by atoms with Gasteiger partial charge in [-0.05, 0) is 81.6 Å². The van der Waals surface area contributed by atoms with Crippen LogP contribution in [-0.4, -0.2) is 45.1 Å². The Balaban J connectivity index is 1.66. The summed E-state index contributed by atoms with van der Waals surface area (Å²) in [5.41, 5.74) is 0.700. The van der Waals surface area contributed by atoms with Gasteiger partial charge in [0, 0.05) is 12.6 Å². The Hall–Kier alpha value is -2.05. The highest BCUT2D eigenvalue weighted by Crippen LogP contribution is 2.29. The van der Waals surface area contributed by atoms with E-state index in [-0.39, 0.29) is 6.10 Å². The number of anilines is 1. The van der Waals surface area contributed by atoms with Crippen LogP contribution < -0.4 is 9.04 Å². The molecule has 0 N–H and O–H groups in total. The second kappa shape index (κ2) is 11.7. The molecule has 2 aromatic carbocycles. The van der Waals surface area contributed by atoms with Gasteiger partial charge in [0.25, 0.3) is 10.0 Å². The highest BCUT2D eigenvalue weighted by Gasteiger charge is 2.27. The number of rotatable bonds is 11. The van der Waals surface area contributed by atoms with Crippen LogP contribution in [0, 0.1) is 0 Å². The van der Waals surface area contributed by atoms with E-state index in [9.17, 15) is 8.42 Å². The first-order chi connectivity index (χ1) is 15.5. The van der Waals surface area contributed by atoms with Gasteiger partial charge in [0.2, 0.25) is 0 Å². The first kappa shape index (κ1) is 24.6. The Kier molecular flexibility index (Phi) is 9.00. The van der Waals surface area contributed by atoms with Gasteiger partial charge < -0.3 is 9.64 Å². The fraction of sp³-hybridized carbons (Fsp3) is 0.538. The average Bonchev–Trinajstić information content (AvgIpc) is 2.82. The van der Waals surface area contributed by atoms with Gasteiger partial charge in [-0.3, -0.25) is 4.31 Å². The second-order valence-electron chi connectivity index (χ2n) is 8.51. The fourth-order valence-corrected chi connectivity index (χ4v) is 6.07. The molecule has 3 rings (SSSR count). The van der Waals surface area contributed by atoms with Gasteiger partial charge in [0.1, 0.15) is 5.75 Å². The third-order valence-electron chi connectivity index (χ3n) is 6.45. The molecule has 0 radical (unpaired) electrons. The third-order valence-corrected chi connectivity index (χ3v) is 8.29. The second-order valence-corrected chi connectivity index (χ2v) is 10.4. The molecule has 2 aromatic rings. The number of hydrogen-bond acceptors (Lipinski definition) is 4. The number of nitrogens with zero attached hydrogens (tertiary/aromatic N) is 2. The minimum atomic E-state index is -3.63. The van der Waals surface area contributed by atoms with Crippen molar-refractivity contribution in [2.24, 2.45) is 0 Å². The molecular weight excluding hydrogens is 420 g/mol. The zero-order valence-electron chi connectivity index (χ0n) is 19.7. The number of unbranched alkanes of at least 4 members (excludes halogenated alkanes) is 1. The minimum absolute atomic E-state index is 0.203. The molecule has 0 amide bonds. The third kappa shape index (κ3) is 6.04. The fourth-order valence-electron chi connectivity index (χ4n) is 4.56. The predicted molar refractivity (Wildman–Crippen MR) is 132 cm³/mol. The van der Waals surface area contributed by atoms with Crippen LogP contribution in [0.25, 0.3) is 0 Å². The van der Waals surface area contributed by atoms with Crippen molar-refractivity contribution in [1.29, 1.82) is 0 Å². The van der Waals surface area contributed by atoms with Crippen molar-refractivity contribution < 1.29 is 13.2 Å². The minimum Gasteiger partial charge on any atom is -0.490 e. The summed E-state index contributed by atoms with van der Waals surface area (Å²) in [6.07, 6.45) is 6.34. The molecule has 32 heavy (non-hydrogen) atoms. The molecule has 1 saturated carbocycles. The number of sulfonamides is 1. The van der Waals surface area contributed by atoms with Gasteiger partial charge in [0.05, 0.1) is 16.7 Å². The number of hydrogen-bond donors (Lipinski definition) is 0. The molecule has 1 aliphatic carbocycles. The Labute approximate surface area is 194 Å². The van der Waals surface area contributed by atoms with E-state index in [1.165, 1.54) is 4.31 Å². The molecule has 5 nitrogen and oxygen atoms in total. The van der Waals surface area contributed by atoms with Crippen LogP contribution in [0.5, 0.6) is 5.75 Å². The number of para-hydroxylation sites is 1. The van der Waals surface area contributed by atoms with Crippen LogP contribution in [-0.2, 0) is 10.0 Å². The molecule has 1 fully saturated rings. The van der Waals surface area contributed by atoms with Crippen molar-refractivity contribution >= 4 is 15.7 Å². The van der Waals surface area contributed by atoms with E-state index < -0.39 is 10.0 Å². The van der Waals surface area contributed by atoms with Crippen molar-refractivity contribution in [1.82, 2.24) is 4.90 Å². The van der Waals surface area contributed by atoms with E-state index >= 15 is 0 Å². The van der Waals surface area contributed by atoms with Gasteiger partial charge >= 0.3 is 0 Å². The van der Waals surface area contributed by atoms with Gasteiger partial charge in [-0.2, -0.15) is 0 Å². The molecule has 0 atom stereocenters.